The molecule has 138 valence electrons. The van der Waals surface area contributed by atoms with E-state index in [9.17, 15) is 9.90 Å². The van der Waals surface area contributed by atoms with Crippen molar-refractivity contribution in [3.8, 4) is 12.3 Å². The lowest BCUT2D eigenvalue weighted by Crippen LogP contribution is -2.54. The highest BCUT2D eigenvalue weighted by atomic mass is 16.3. The third-order valence-electron chi connectivity index (χ3n) is 5.58. The molecule has 1 unspecified atom stereocenters. The number of terminal acetylenes is 1. The molecule has 1 aromatic carbocycles. The monoisotopic (exact) mass is 353 g/mol. The summed E-state index contributed by atoms with van der Waals surface area (Å²) in [5, 5.41) is 22.4. The minimum absolute atomic E-state index is 0.0423. The molecular weight excluding hydrogens is 326 g/mol. The first-order valence-electron chi connectivity index (χ1n) is 9.51. The number of amides is 1. The lowest BCUT2D eigenvalue weighted by atomic mass is 9.75. The maximum Gasteiger partial charge on any atom is 0.220 e. The van der Waals surface area contributed by atoms with Crippen LogP contribution in [0.5, 0.6) is 0 Å². The third kappa shape index (κ3) is 4.31. The van der Waals surface area contributed by atoms with E-state index in [1.807, 2.05) is 30.3 Å². The smallest absolute Gasteiger partial charge is 0.220 e. The summed E-state index contributed by atoms with van der Waals surface area (Å²) in [5.41, 5.74) is -0.172. The van der Waals surface area contributed by atoms with Crippen molar-refractivity contribution in [2.24, 2.45) is 10.2 Å². The van der Waals surface area contributed by atoms with Gasteiger partial charge in [0.1, 0.15) is 6.10 Å². The van der Waals surface area contributed by atoms with Gasteiger partial charge in [-0.05, 0) is 18.4 Å². The van der Waals surface area contributed by atoms with Crippen molar-refractivity contribution in [1.82, 2.24) is 5.32 Å². The van der Waals surface area contributed by atoms with Crippen molar-refractivity contribution in [2.75, 3.05) is 0 Å². The van der Waals surface area contributed by atoms with Crippen LogP contribution in [0.3, 0.4) is 0 Å². The molecule has 0 saturated heterocycles. The number of nitrogens with one attached hydrogen (secondary N) is 1. The number of hydrogen-bond acceptors (Lipinski definition) is 4. The number of carbonyl (C=O) groups excluding carboxylic acids is 1. The van der Waals surface area contributed by atoms with Gasteiger partial charge in [0, 0.05) is 25.7 Å². The van der Waals surface area contributed by atoms with Crippen molar-refractivity contribution in [3.05, 3.63) is 35.9 Å². The molecule has 0 spiro atoms. The van der Waals surface area contributed by atoms with E-state index in [4.69, 9.17) is 6.42 Å². The van der Waals surface area contributed by atoms with E-state index in [1.165, 1.54) is 0 Å². The highest BCUT2D eigenvalue weighted by Crippen LogP contribution is 2.40. The van der Waals surface area contributed by atoms with E-state index in [-0.39, 0.29) is 5.91 Å². The zero-order valence-corrected chi connectivity index (χ0v) is 15.2. The van der Waals surface area contributed by atoms with Crippen LogP contribution in [-0.2, 0) is 4.79 Å². The molecule has 2 aliphatic rings. The minimum Gasteiger partial charge on any atom is -0.386 e. The molecule has 5 nitrogen and oxygen atoms in total. The molecule has 1 aliphatic carbocycles. The van der Waals surface area contributed by atoms with E-state index in [0.717, 1.165) is 37.7 Å². The standard InChI is InChI=1S/C21H27N3O2/c1-2-3-15-21(23-24-21)16-12-18(25)22-20(13-8-5-9-14-20)19(26)17-10-6-4-7-11-17/h1,4,6-7,10-11,19,26H,3,5,8-9,12-16H2,(H,22,25). The van der Waals surface area contributed by atoms with Gasteiger partial charge in [0.25, 0.3) is 0 Å². The lowest BCUT2D eigenvalue weighted by Gasteiger charge is -2.42. The van der Waals surface area contributed by atoms with Crippen LogP contribution in [0, 0.1) is 12.3 Å². The van der Waals surface area contributed by atoms with Gasteiger partial charge in [-0.1, -0.05) is 49.6 Å². The van der Waals surface area contributed by atoms with Gasteiger partial charge in [-0.2, -0.15) is 10.2 Å². The van der Waals surface area contributed by atoms with Crippen molar-refractivity contribution in [1.29, 1.82) is 0 Å². The molecule has 2 N–H and O–H groups in total. The Morgan fingerprint density at radius 3 is 2.50 bits per heavy atom. The number of carbonyl (C=O) groups is 1. The van der Waals surface area contributed by atoms with E-state index in [0.29, 0.717) is 25.7 Å². The van der Waals surface area contributed by atoms with Crippen LogP contribution in [-0.4, -0.2) is 22.2 Å². The van der Waals surface area contributed by atoms with Crippen LogP contribution in [0.4, 0.5) is 0 Å². The average Bonchev–Trinajstić information content (AvgIpc) is 3.46. The lowest BCUT2D eigenvalue weighted by molar-refractivity contribution is -0.126. The zero-order valence-electron chi connectivity index (χ0n) is 15.2. The van der Waals surface area contributed by atoms with Crippen LogP contribution in [0.1, 0.15) is 69.5 Å². The van der Waals surface area contributed by atoms with Gasteiger partial charge in [0.15, 0.2) is 5.66 Å². The van der Waals surface area contributed by atoms with Crippen LogP contribution >= 0.6 is 0 Å². The predicted molar refractivity (Wildman–Crippen MR) is 100 cm³/mol. The molecule has 1 aromatic rings. The van der Waals surface area contributed by atoms with Crippen molar-refractivity contribution >= 4 is 5.91 Å². The maximum absolute atomic E-state index is 12.7. The van der Waals surface area contributed by atoms with Gasteiger partial charge in [0.2, 0.25) is 5.91 Å². The third-order valence-corrected chi connectivity index (χ3v) is 5.58. The predicted octanol–water partition coefficient (Wildman–Crippen LogP) is 3.89. The molecule has 1 amide bonds. The van der Waals surface area contributed by atoms with Crippen molar-refractivity contribution < 1.29 is 9.90 Å². The Labute approximate surface area is 155 Å². The topological polar surface area (TPSA) is 74.0 Å². The van der Waals surface area contributed by atoms with Crippen LogP contribution < -0.4 is 5.32 Å². The van der Waals surface area contributed by atoms with Crippen LogP contribution in [0.25, 0.3) is 0 Å². The molecule has 0 aromatic heterocycles. The Morgan fingerprint density at radius 1 is 1.19 bits per heavy atom. The summed E-state index contributed by atoms with van der Waals surface area (Å²) >= 11 is 0. The SMILES string of the molecule is C#CCCC1(CCC(=O)NC2(C(O)c3ccccc3)CCCCC2)N=N1. The van der Waals surface area contributed by atoms with Gasteiger partial charge in [-0.3, -0.25) is 4.79 Å². The Hall–Kier alpha value is -2.19. The van der Waals surface area contributed by atoms with Crippen LogP contribution in [0.2, 0.25) is 0 Å². The second kappa shape index (κ2) is 8.01. The highest BCUT2D eigenvalue weighted by Gasteiger charge is 2.43. The number of aliphatic hydroxyl groups excluding tert-OH is 1. The molecule has 3 rings (SSSR count). The number of aliphatic hydroxyl groups is 1. The van der Waals surface area contributed by atoms with Gasteiger partial charge >= 0.3 is 0 Å². The average molecular weight is 353 g/mol. The Kier molecular flexibility index (Phi) is 5.73. The first-order valence-corrected chi connectivity index (χ1v) is 9.51. The summed E-state index contributed by atoms with van der Waals surface area (Å²) in [6, 6.07) is 9.61. The summed E-state index contributed by atoms with van der Waals surface area (Å²) in [7, 11) is 0. The Morgan fingerprint density at radius 2 is 1.88 bits per heavy atom. The van der Waals surface area contributed by atoms with Crippen molar-refractivity contribution in [3.63, 3.8) is 0 Å². The summed E-state index contributed by atoms with van der Waals surface area (Å²) < 4.78 is 0. The first-order chi connectivity index (χ1) is 12.6. The van der Waals surface area contributed by atoms with Gasteiger partial charge < -0.3 is 10.4 Å². The quantitative estimate of drug-likeness (QED) is 0.696. The molecule has 26 heavy (non-hydrogen) atoms. The van der Waals surface area contributed by atoms with Gasteiger partial charge in [0.05, 0.1) is 5.54 Å². The van der Waals surface area contributed by atoms with E-state index < -0.39 is 17.3 Å². The van der Waals surface area contributed by atoms with E-state index in [1.54, 1.807) is 0 Å². The molecule has 1 fully saturated rings. The largest absolute Gasteiger partial charge is 0.386 e. The fourth-order valence-corrected chi connectivity index (χ4v) is 3.93. The number of nitrogens with zero attached hydrogens (tertiary/aromatic N) is 2. The second-order valence-electron chi connectivity index (χ2n) is 7.46. The Balaban J connectivity index is 1.63. The fraction of sp³-hybridized carbons (Fsp3) is 0.571. The highest BCUT2D eigenvalue weighted by molar-refractivity contribution is 5.77. The zero-order chi connectivity index (χ0) is 18.5. The second-order valence-corrected chi connectivity index (χ2v) is 7.46. The Bertz CT molecular complexity index is 681. The maximum atomic E-state index is 12.7. The minimum atomic E-state index is -0.696. The molecule has 0 radical (unpaired) electrons. The number of rotatable bonds is 8. The molecule has 1 heterocycles. The number of benzene rings is 1. The van der Waals surface area contributed by atoms with Crippen molar-refractivity contribution in [2.45, 2.75) is 75.1 Å². The normalized spacial score (nSPS) is 20.8. The molecule has 1 saturated carbocycles. The van der Waals surface area contributed by atoms with Gasteiger partial charge in [-0.25, -0.2) is 0 Å². The molecule has 1 atom stereocenters. The first kappa shape index (κ1) is 18.6. The summed E-state index contributed by atoms with van der Waals surface area (Å²) in [6.45, 7) is 0. The molecule has 0 bridgehead atoms. The van der Waals surface area contributed by atoms with Crippen LogP contribution in [0.15, 0.2) is 40.6 Å². The van der Waals surface area contributed by atoms with E-state index >= 15 is 0 Å². The number of hydrogen-bond donors (Lipinski definition) is 2. The molecule has 1 aliphatic heterocycles. The van der Waals surface area contributed by atoms with E-state index in [2.05, 4.69) is 21.5 Å². The fourth-order valence-electron chi connectivity index (χ4n) is 3.93. The summed E-state index contributed by atoms with van der Waals surface area (Å²) in [5.74, 6) is 2.56. The molecular formula is C21H27N3O2. The summed E-state index contributed by atoms with van der Waals surface area (Å²) in [6.07, 6.45) is 11.6. The van der Waals surface area contributed by atoms with Gasteiger partial charge in [-0.15, -0.1) is 12.3 Å². The summed E-state index contributed by atoms with van der Waals surface area (Å²) in [4.78, 5) is 12.7. The molecule has 5 heteroatoms.